The Morgan fingerprint density at radius 3 is 2.69 bits per heavy atom. The Labute approximate surface area is 166 Å². The van der Waals surface area contributed by atoms with Gasteiger partial charge in [0.25, 0.3) is 0 Å². The van der Waals surface area contributed by atoms with E-state index in [-0.39, 0.29) is 36.5 Å². The van der Waals surface area contributed by atoms with Crippen LogP contribution in [0.15, 0.2) is 53.1 Å². The number of para-hydroxylation sites is 1. The van der Waals surface area contributed by atoms with Gasteiger partial charge in [-0.3, -0.25) is 4.79 Å². The number of rotatable bonds is 9. The lowest BCUT2D eigenvalue weighted by molar-refractivity contribution is -0.122. The van der Waals surface area contributed by atoms with Crippen molar-refractivity contribution >= 4 is 5.91 Å². The molecule has 0 spiro atoms. The summed E-state index contributed by atoms with van der Waals surface area (Å²) in [5.74, 6) is 0.0221. The molecule has 1 atom stereocenters. The molecule has 0 radical (unpaired) electrons. The van der Waals surface area contributed by atoms with Gasteiger partial charge in [0, 0.05) is 18.4 Å². The third-order valence-electron chi connectivity index (χ3n) is 4.10. The first-order valence-corrected chi connectivity index (χ1v) is 9.26. The standard InChI is InChI=1S/C21H21F2N3O3/c1-14(13-28-18-6-3-2-5-17(18)23)24-19(27)7-4-8-20-25-21(26-29-20)15-9-11-16(22)12-10-15/h2-3,5-6,9-12,14H,4,7-8,13H2,1H3,(H,24,27). The summed E-state index contributed by atoms with van der Waals surface area (Å²) in [6, 6.07) is 11.6. The van der Waals surface area contributed by atoms with Gasteiger partial charge in [-0.25, -0.2) is 8.78 Å². The number of hydrogen-bond acceptors (Lipinski definition) is 5. The van der Waals surface area contributed by atoms with Crippen LogP contribution in [0, 0.1) is 11.6 Å². The van der Waals surface area contributed by atoms with Crippen LogP contribution in [0.4, 0.5) is 8.78 Å². The van der Waals surface area contributed by atoms with Gasteiger partial charge >= 0.3 is 0 Å². The van der Waals surface area contributed by atoms with E-state index in [9.17, 15) is 13.6 Å². The van der Waals surface area contributed by atoms with E-state index in [4.69, 9.17) is 9.26 Å². The van der Waals surface area contributed by atoms with Crippen LogP contribution in [-0.4, -0.2) is 28.7 Å². The molecule has 0 saturated heterocycles. The van der Waals surface area contributed by atoms with Gasteiger partial charge in [0.1, 0.15) is 12.4 Å². The number of hydrogen-bond donors (Lipinski definition) is 1. The van der Waals surface area contributed by atoms with Crippen molar-refractivity contribution in [2.24, 2.45) is 0 Å². The highest BCUT2D eigenvalue weighted by atomic mass is 19.1. The molecule has 152 valence electrons. The van der Waals surface area contributed by atoms with Crippen LogP contribution in [-0.2, 0) is 11.2 Å². The number of benzene rings is 2. The maximum atomic E-state index is 13.5. The Morgan fingerprint density at radius 2 is 1.93 bits per heavy atom. The fraction of sp³-hybridized carbons (Fsp3) is 0.286. The second-order valence-electron chi connectivity index (χ2n) is 6.58. The molecule has 3 aromatic rings. The second-order valence-corrected chi connectivity index (χ2v) is 6.58. The van der Waals surface area contributed by atoms with Gasteiger partial charge in [0.05, 0.1) is 6.04 Å². The number of amides is 1. The van der Waals surface area contributed by atoms with Crippen LogP contribution in [0.3, 0.4) is 0 Å². The van der Waals surface area contributed by atoms with Crippen molar-refractivity contribution in [3.8, 4) is 17.1 Å². The lowest BCUT2D eigenvalue weighted by atomic mass is 10.2. The predicted molar refractivity (Wildman–Crippen MR) is 102 cm³/mol. The summed E-state index contributed by atoms with van der Waals surface area (Å²) in [5.41, 5.74) is 0.655. The Balaban J connectivity index is 1.38. The Hall–Kier alpha value is -3.29. The van der Waals surface area contributed by atoms with Gasteiger partial charge in [0.2, 0.25) is 17.6 Å². The fourth-order valence-corrected chi connectivity index (χ4v) is 2.64. The number of nitrogens with zero attached hydrogens (tertiary/aromatic N) is 2. The van der Waals surface area contributed by atoms with Gasteiger partial charge in [-0.05, 0) is 49.7 Å². The summed E-state index contributed by atoms with van der Waals surface area (Å²) < 4.78 is 37.0. The Bertz CT molecular complexity index is 944. The lowest BCUT2D eigenvalue weighted by Gasteiger charge is -2.15. The Kier molecular flexibility index (Phi) is 6.89. The molecule has 0 saturated carbocycles. The summed E-state index contributed by atoms with van der Waals surface area (Å²) in [6.07, 6.45) is 1.25. The van der Waals surface area contributed by atoms with Crippen LogP contribution in [0.25, 0.3) is 11.4 Å². The number of carbonyl (C=O) groups excluding carboxylic acids is 1. The van der Waals surface area contributed by atoms with Crippen LogP contribution < -0.4 is 10.1 Å². The summed E-state index contributed by atoms with van der Waals surface area (Å²) in [5, 5.41) is 6.67. The summed E-state index contributed by atoms with van der Waals surface area (Å²) in [6.45, 7) is 1.95. The van der Waals surface area contributed by atoms with Crippen LogP contribution in [0.5, 0.6) is 5.75 Å². The summed E-state index contributed by atoms with van der Waals surface area (Å²) >= 11 is 0. The maximum absolute atomic E-state index is 13.5. The highest BCUT2D eigenvalue weighted by Crippen LogP contribution is 2.17. The smallest absolute Gasteiger partial charge is 0.226 e. The van der Waals surface area contributed by atoms with Gasteiger partial charge in [-0.15, -0.1) is 0 Å². The van der Waals surface area contributed by atoms with Gasteiger partial charge in [0.15, 0.2) is 11.6 Å². The van der Waals surface area contributed by atoms with Gasteiger partial charge in [-0.2, -0.15) is 4.98 Å². The van der Waals surface area contributed by atoms with Crippen molar-refractivity contribution < 1.29 is 22.8 Å². The summed E-state index contributed by atoms with van der Waals surface area (Å²) in [7, 11) is 0. The molecule has 1 N–H and O–H groups in total. The van der Waals surface area contributed by atoms with E-state index in [0.29, 0.717) is 30.1 Å². The average molecular weight is 401 g/mol. The monoisotopic (exact) mass is 401 g/mol. The molecule has 1 unspecified atom stereocenters. The van der Waals surface area contributed by atoms with Crippen molar-refractivity contribution in [2.45, 2.75) is 32.2 Å². The number of aryl methyl sites for hydroxylation is 1. The molecule has 0 aliphatic heterocycles. The second kappa shape index (κ2) is 9.77. The van der Waals surface area contributed by atoms with E-state index in [1.165, 1.54) is 24.3 Å². The molecular formula is C21H21F2N3O3. The minimum atomic E-state index is -0.439. The first-order valence-electron chi connectivity index (χ1n) is 9.26. The molecular weight excluding hydrogens is 380 g/mol. The van der Waals surface area contributed by atoms with Gasteiger partial charge in [-0.1, -0.05) is 17.3 Å². The SMILES string of the molecule is CC(COc1ccccc1F)NC(=O)CCCc1nc(-c2ccc(F)cc2)no1. The molecule has 1 amide bonds. The summed E-state index contributed by atoms with van der Waals surface area (Å²) in [4.78, 5) is 16.3. The Morgan fingerprint density at radius 1 is 1.17 bits per heavy atom. The van der Waals surface area contributed by atoms with E-state index in [0.717, 1.165) is 0 Å². The van der Waals surface area contributed by atoms with Crippen molar-refractivity contribution in [1.29, 1.82) is 0 Å². The third kappa shape index (κ3) is 6.10. The van der Waals surface area contributed by atoms with E-state index in [2.05, 4.69) is 15.5 Å². The van der Waals surface area contributed by atoms with Crippen LogP contribution in [0.1, 0.15) is 25.7 Å². The molecule has 2 aromatic carbocycles. The van der Waals surface area contributed by atoms with Crippen molar-refractivity contribution in [3.63, 3.8) is 0 Å². The third-order valence-corrected chi connectivity index (χ3v) is 4.10. The van der Waals surface area contributed by atoms with Crippen LogP contribution >= 0.6 is 0 Å². The van der Waals surface area contributed by atoms with Gasteiger partial charge < -0.3 is 14.6 Å². The quantitative estimate of drug-likeness (QED) is 0.588. The number of nitrogens with one attached hydrogen (secondary N) is 1. The van der Waals surface area contributed by atoms with E-state index >= 15 is 0 Å². The number of ether oxygens (including phenoxy) is 1. The molecule has 29 heavy (non-hydrogen) atoms. The lowest BCUT2D eigenvalue weighted by Crippen LogP contribution is -2.36. The minimum absolute atomic E-state index is 0.145. The first-order chi connectivity index (χ1) is 14.0. The highest BCUT2D eigenvalue weighted by molar-refractivity contribution is 5.76. The molecule has 1 aromatic heterocycles. The molecule has 6 nitrogen and oxygen atoms in total. The number of halogens is 2. The average Bonchev–Trinajstić information content (AvgIpc) is 3.17. The molecule has 0 fully saturated rings. The molecule has 0 aliphatic carbocycles. The number of aromatic nitrogens is 2. The minimum Gasteiger partial charge on any atom is -0.488 e. The molecule has 0 aliphatic rings. The molecule has 0 bridgehead atoms. The zero-order valence-electron chi connectivity index (χ0n) is 15.9. The zero-order valence-corrected chi connectivity index (χ0v) is 15.9. The first kappa shape index (κ1) is 20.4. The van der Waals surface area contributed by atoms with Crippen molar-refractivity contribution in [1.82, 2.24) is 15.5 Å². The maximum Gasteiger partial charge on any atom is 0.226 e. The van der Waals surface area contributed by atoms with Crippen molar-refractivity contribution in [3.05, 3.63) is 66.1 Å². The van der Waals surface area contributed by atoms with E-state index < -0.39 is 5.82 Å². The topological polar surface area (TPSA) is 77.2 Å². The predicted octanol–water partition coefficient (Wildman–Crippen LogP) is 3.92. The number of carbonyl (C=O) groups is 1. The normalized spacial score (nSPS) is 11.8. The van der Waals surface area contributed by atoms with E-state index in [1.807, 2.05) is 0 Å². The molecule has 3 rings (SSSR count). The fourth-order valence-electron chi connectivity index (χ4n) is 2.64. The largest absolute Gasteiger partial charge is 0.488 e. The van der Waals surface area contributed by atoms with Crippen molar-refractivity contribution in [2.75, 3.05) is 6.61 Å². The molecule has 1 heterocycles. The zero-order chi connectivity index (χ0) is 20.6. The van der Waals surface area contributed by atoms with E-state index in [1.54, 1.807) is 31.2 Å². The van der Waals surface area contributed by atoms with Crippen LogP contribution in [0.2, 0.25) is 0 Å². The molecule has 8 heteroatoms. The highest BCUT2D eigenvalue weighted by Gasteiger charge is 2.12.